The van der Waals surface area contributed by atoms with E-state index in [2.05, 4.69) is 46.2 Å². The van der Waals surface area contributed by atoms with E-state index in [1.165, 1.54) is 0 Å². The number of carbonyl (C=O) groups excluding carboxylic acids is 3. The predicted octanol–water partition coefficient (Wildman–Crippen LogP) is -2.58. The number of aliphatic carboxylic acids is 1. The molecule has 4 unspecified atom stereocenters. The van der Waals surface area contributed by atoms with Crippen molar-refractivity contribution in [3.05, 3.63) is 0 Å². The Morgan fingerprint density at radius 1 is 0.903 bits per heavy atom. The number of nitrogens with zero attached hydrogens (tertiary/aromatic N) is 1. The molecule has 0 saturated carbocycles. The molecule has 0 aromatic carbocycles. The molecule has 0 aliphatic heterocycles. The molecule has 0 rings (SSSR count). The Labute approximate surface area is 192 Å². The Morgan fingerprint density at radius 2 is 1.35 bits per heavy atom. The third-order valence-corrected chi connectivity index (χ3v) is 4.94. The summed E-state index contributed by atoms with van der Waals surface area (Å²) in [7, 11) is 0. The van der Waals surface area contributed by atoms with Crippen LogP contribution in [0.5, 0.6) is 0 Å². The van der Waals surface area contributed by atoms with Crippen LogP contribution in [0.4, 0.5) is 0 Å². The van der Waals surface area contributed by atoms with Crippen molar-refractivity contribution in [1.82, 2.24) is 16.0 Å². The molecule has 3 amide bonds. The monoisotopic (exact) mass is 479 g/mol. The minimum absolute atomic E-state index is 0.0359. The maximum absolute atomic E-state index is 12.5. The third kappa shape index (κ3) is 11.1. The van der Waals surface area contributed by atoms with E-state index in [0.29, 0.717) is 6.42 Å². The van der Waals surface area contributed by atoms with E-state index in [0.717, 1.165) is 0 Å². The van der Waals surface area contributed by atoms with Gasteiger partial charge in [-0.2, -0.15) is 25.3 Å². The zero-order valence-electron chi connectivity index (χ0n) is 17.6. The van der Waals surface area contributed by atoms with Crippen LogP contribution < -0.4 is 33.2 Å². The van der Waals surface area contributed by atoms with E-state index < -0.39 is 47.9 Å². The number of hydrogen-bond donors (Lipinski definition) is 9. The number of rotatable bonds is 14. The fraction of sp³-hybridized carbons (Fsp3) is 0.706. The Balaban J connectivity index is 4.97. The van der Waals surface area contributed by atoms with Crippen molar-refractivity contribution in [3.63, 3.8) is 0 Å². The largest absolute Gasteiger partial charge is 0.480 e. The first-order valence-corrected chi connectivity index (χ1v) is 10.9. The zero-order valence-corrected chi connectivity index (χ0v) is 19.4. The highest BCUT2D eigenvalue weighted by Crippen LogP contribution is 2.02. The lowest BCUT2D eigenvalue weighted by atomic mass is 10.0. The predicted molar refractivity (Wildman–Crippen MR) is 124 cm³/mol. The Kier molecular flexibility index (Phi) is 13.7. The second-order valence-electron chi connectivity index (χ2n) is 7.11. The SMILES string of the molecule is CC(C)C(N)C(=O)NC(CS)C(=O)NC(CS)C(=O)NC(CCCN=C(N)N)C(=O)O. The molecule has 0 fully saturated rings. The van der Waals surface area contributed by atoms with Crippen LogP contribution in [-0.2, 0) is 19.2 Å². The Morgan fingerprint density at radius 3 is 1.74 bits per heavy atom. The van der Waals surface area contributed by atoms with Crippen LogP contribution in [0, 0.1) is 5.92 Å². The lowest BCUT2D eigenvalue weighted by molar-refractivity contribution is -0.142. The second kappa shape index (κ2) is 14.8. The second-order valence-corrected chi connectivity index (χ2v) is 7.84. The van der Waals surface area contributed by atoms with E-state index in [9.17, 15) is 24.3 Å². The summed E-state index contributed by atoms with van der Waals surface area (Å²) in [6.45, 7) is 3.73. The van der Waals surface area contributed by atoms with Gasteiger partial charge in [0.05, 0.1) is 6.04 Å². The maximum Gasteiger partial charge on any atom is 0.326 e. The molecular weight excluding hydrogens is 446 g/mol. The van der Waals surface area contributed by atoms with Crippen molar-refractivity contribution >= 4 is 54.9 Å². The topological polar surface area (TPSA) is 215 Å². The summed E-state index contributed by atoms with van der Waals surface area (Å²) in [4.78, 5) is 52.2. The van der Waals surface area contributed by atoms with Crippen molar-refractivity contribution in [2.75, 3.05) is 18.1 Å². The van der Waals surface area contributed by atoms with Crippen LogP contribution >= 0.6 is 25.3 Å². The molecule has 0 bridgehead atoms. The smallest absolute Gasteiger partial charge is 0.326 e. The lowest BCUT2D eigenvalue weighted by Gasteiger charge is -2.24. The minimum Gasteiger partial charge on any atom is -0.480 e. The number of amides is 3. The highest BCUT2D eigenvalue weighted by Gasteiger charge is 2.29. The average Bonchev–Trinajstić information content (AvgIpc) is 2.70. The number of guanidine groups is 1. The van der Waals surface area contributed by atoms with Gasteiger partial charge in [0, 0.05) is 18.1 Å². The van der Waals surface area contributed by atoms with Crippen molar-refractivity contribution in [2.45, 2.75) is 50.9 Å². The number of thiol groups is 2. The molecule has 14 heteroatoms. The van der Waals surface area contributed by atoms with Crippen molar-refractivity contribution < 1.29 is 24.3 Å². The standard InChI is InChI=1S/C17H33N7O5S2/c1-8(2)12(18)15(27)24-11(7-31)14(26)23-10(6-30)13(25)22-9(16(28)29)4-3-5-21-17(19)20/h8-12,30-31H,3-7,18H2,1-2H3,(H,22,25)(H,23,26)(H,24,27)(H,28,29)(H4,19,20,21). The van der Waals surface area contributed by atoms with E-state index in [-0.39, 0.29) is 36.3 Å². The fourth-order valence-electron chi connectivity index (χ4n) is 2.26. The van der Waals surface area contributed by atoms with Gasteiger partial charge in [-0.15, -0.1) is 0 Å². The Bertz CT molecular complexity index is 659. The molecule has 12 nitrogen and oxygen atoms in total. The van der Waals surface area contributed by atoms with Crippen molar-refractivity contribution in [2.24, 2.45) is 28.1 Å². The highest BCUT2D eigenvalue weighted by molar-refractivity contribution is 7.80. The number of nitrogens with two attached hydrogens (primary N) is 3. The molecular formula is C17H33N7O5S2. The van der Waals surface area contributed by atoms with Gasteiger partial charge in [0.2, 0.25) is 17.7 Å². The van der Waals surface area contributed by atoms with E-state index in [1.54, 1.807) is 13.8 Å². The number of carbonyl (C=O) groups is 4. The summed E-state index contributed by atoms with van der Waals surface area (Å²) in [6, 6.07) is -4.18. The Hall–Kier alpha value is -2.19. The van der Waals surface area contributed by atoms with Crippen molar-refractivity contribution in [1.29, 1.82) is 0 Å². The summed E-state index contributed by atoms with van der Waals surface area (Å²) in [6.07, 6.45) is 0.393. The van der Waals surface area contributed by atoms with Gasteiger partial charge in [-0.25, -0.2) is 4.79 Å². The molecule has 0 aliphatic rings. The van der Waals surface area contributed by atoms with Gasteiger partial charge in [0.1, 0.15) is 18.1 Å². The van der Waals surface area contributed by atoms with E-state index in [1.807, 2.05) is 0 Å². The van der Waals surface area contributed by atoms with Crippen LogP contribution in [0.1, 0.15) is 26.7 Å². The summed E-state index contributed by atoms with van der Waals surface area (Å²) in [5.74, 6) is -3.57. The van der Waals surface area contributed by atoms with Gasteiger partial charge in [-0.05, 0) is 18.8 Å². The van der Waals surface area contributed by atoms with Crippen LogP contribution in [0.25, 0.3) is 0 Å². The third-order valence-electron chi connectivity index (χ3n) is 4.21. The summed E-state index contributed by atoms with van der Waals surface area (Å²) in [5.41, 5.74) is 16.2. The molecule has 0 radical (unpaired) electrons. The number of carboxylic acid groups (broad SMARTS) is 1. The first-order chi connectivity index (χ1) is 14.4. The van der Waals surface area contributed by atoms with Gasteiger partial charge in [-0.3, -0.25) is 19.4 Å². The molecule has 31 heavy (non-hydrogen) atoms. The molecule has 178 valence electrons. The lowest BCUT2D eigenvalue weighted by Crippen LogP contribution is -2.58. The first-order valence-electron chi connectivity index (χ1n) is 9.61. The first kappa shape index (κ1) is 28.8. The van der Waals surface area contributed by atoms with Gasteiger partial charge in [0.25, 0.3) is 0 Å². The van der Waals surface area contributed by atoms with Gasteiger partial charge in [-0.1, -0.05) is 13.8 Å². The fourth-order valence-corrected chi connectivity index (χ4v) is 2.78. The van der Waals surface area contributed by atoms with Crippen LogP contribution in [-0.4, -0.2) is 77.0 Å². The summed E-state index contributed by atoms with van der Waals surface area (Å²) >= 11 is 8.10. The average molecular weight is 480 g/mol. The number of nitrogens with one attached hydrogen (secondary N) is 3. The van der Waals surface area contributed by atoms with Crippen molar-refractivity contribution in [3.8, 4) is 0 Å². The van der Waals surface area contributed by atoms with E-state index in [4.69, 9.17) is 17.2 Å². The summed E-state index contributed by atoms with van der Waals surface area (Å²) < 4.78 is 0. The molecule has 0 aromatic rings. The van der Waals surface area contributed by atoms with Gasteiger partial charge >= 0.3 is 5.97 Å². The van der Waals surface area contributed by atoms with Gasteiger partial charge < -0.3 is 38.3 Å². The number of aliphatic imine (C=N–C) groups is 1. The maximum atomic E-state index is 12.5. The van der Waals surface area contributed by atoms with Crippen LogP contribution in [0.3, 0.4) is 0 Å². The molecule has 0 aromatic heterocycles. The molecule has 10 N–H and O–H groups in total. The summed E-state index contributed by atoms with van der Waals surface area (Å²) in [5, 5.41) is 16.6. The van der Waals surface area contributed by atoms with Crippen LogP contribution in [0.2, 0.25) is 0 Å². The van der Waals surface area contributed by atoms with Gasteiger partial charge in [0.15, 0.2) is 5.96 Å². The van der Waals surface area contributed by atoms with Crippen LogP contribution in [0.15, 0.2) is 4.99 Å². The van der Waals surface area contributed by atoms with E-state index >= 15 is 0 Å². The number of hydrogen-bond acceptors (Lipinski definition) is 8. The highest BCUT2D eigenvalue weighted by atomic mass is 32.1. The minimum atomic E-state index is -1.24. The quantitative estimate of drug-likeness (QED) is 0.0557. The normalized spacial score (nSPS) is 14.6. The molecule has 0 saturated heterocycles. The molecule has 0 spiro atoms. The molecule has 0 aliphatic carbocycles. The molecule has 4 atom stereocenters. The zero-order chi connectivity index (χ0) is 24.1. The molecule has 0 heterocycles. The number of carboxylic acids is 1.